The SMILES string of the molecule is O[B]N[B]n1cnc2ccccc21. The largest absolute Gasteiger partial charge is 0.441 e. The standard InChI is InChI=1S/C7H7B2N3O/c13-9-11-8-12-5-10-6-3-1-2-4-7(6)12/h1-5,11,13H. The zero-order chi connectivity index (χ0) is 9.10. The highest BCUT2D eigenvalue weighted by Gasteiger charge is 2.01. The molecule has 4 nitrogen and oxygen atoms in total. The highest BCUT2D eigenvalue weighted by molar-refractivity contribution is 6.46. The molecule has 1 heterocycles. The first-order valence-corrected chi connectivity index (χ1v) is 3.88. The average molecular weight is 171 g/mol. The summed E-state index contributed by atoms with van der Waals surface area (Å²) in [5.41, 5.74) is 1.93. The van der Waals surface area contributed by atoms with Crippen molar-refractivity contribution >= 4 is 26.2 Å². The molecule has 0 aliphatic heterocycles. The van der Waals surface area contributed by atoms with E-state index >= 15 is 0 Å². The summed E-state index contributed by atoms with van der Waals surface area (Å²) in [6, 6.07) is 7.77. The van der Waals surface area contributed by atoms with Crippen LogP contribution in [0.4, 0.5) is 0 Å². The molecule has 0 fully saturated rings. The van der Waals surface area contributed by atoms with Gasteiger partial charge in [-0.2, -0.15) is 0 Å². The van der Waals surface area contributed by atoms with Crippen LogP contribution in [0, 0.1) is 0 Å². The lowest BCUT2D eigenvalue weighted by Gasteiger charge is -1.99. The van der Waals surface area contributed by atoms with E-state index in [1.807, 2.05) is 24.3 Å². The van der Waals surface area contributed by atoms with Gasteiger partial charge >= 0.3 is 15.2 Å². The minimum atomic E-state index is 0.870. The van der Waals surface area contributed by atoms with Crippen LogP contribution in [0.2, 0.25) is 0 Å². The molecule has 0 spiro atoms. The molecule has 0 unspecified atom stereocenters. The van der Waals surface area contributed by atoms with Gasteiger partial charge in [0.05, 0.1) is 17.4 Å². The van der Waals surface area contributed by atoms with Crippen LogP contribution in [0.5, 0.6) is 0 Å². The summed E-state index contributed by atoms with van der Waals surface area (Å²) >= 11 is 0. The number of rotatable bonds is 3. The van der Waals surface area contributed by atoms with Gasteiger partial charge in [0.1, 0.15) is 0 Å². The molecular weight excluding hydrogens is 164 g/mol. The van der Waals surface area contributed by atoms with Crippen molar-refractivity contribution < 1.29 is 5.02 Å². The summed E-state index contributed by atoms with van der Waals surface area (Å²) in [5, 5.41) is 11.0. The predicted octanol–water partition coefficient (Wildman–Crippen LogP) is -0.465. The van der Waals surface area contributed by atoms with Gasteiger partial charge in [0.2, 0.25) is 0 Å². The van der Waals surface area contributed by atoms with Gasteiger partial charge in [0.15, 0.2) is 0 Å². The Balaban J connectivity index is 2.35. The first-order chi connectivity index (χ1) is 6.42. The molecule has 62 valence electrons. The van der Waals surface area contributed by atoms with Crippen LogP contribution in [0.25, 0.3) is 11.0 Å². The van der Waals surface area contributed by atoms with Crippen molar-refractivity contribution in [2.24, 2.45) is 0 Å². The molecule has 0 saturated heterocycles. The van der Waals surface area contributed by atoms with E-state index in [1.54, 1.807) is 18.4 Å². The lowest BCUT2D eigenvalue weighted by molar-refractivity contribution is 0.597. The molecule has 0 saturated carbocycles. The van der Waals surface area contributed by atoms with Gasteiger partial charge in [-0.1, -0.05) is 12.1 Å². The molecule has 2 aromatic rings. The number of aromatic nitrogens is 2. The normalized spacial score (nSPS) is 10.2. The molecule has 0 aliphatic carbocycles. The molecule has 0 amide bonds. The van der Waals surface area contributed by atoms with E-state index in [9.17, 15) is 0 Å². The Hall–Kier alpha value is -1.26. The van der Waals surface area contributed by atoms with Crippen molar-refractivity contribution in [2.75, 3.05) is 0 Å². The Labute approximate surface area is 77.2 Å². The molecular formula is C7H7B2N3O. The number of imidazole rings is 1. The van der Waals surface area contributed by atoms with Crippen molar-refractivity contribution in [3.8, 4) is 0 Å². The van der Waals surface area contributed by atoms with Crippen LogP contribution >= 0.6 is 0 Å². The van der Waals surface area contributed by atoms with Gasteiger partial charge in [-0.25, -0.2) is 4.98 Å². The zero-order valence-electron chi connectivity index (χ0n) is 6.88. The first-order valence-electron chi connectivity index (χ1n) is 3.88. The summed E-state index contributed by atoms with van der Waals surface area (Å²) in [5.74, 6) is 0. The number of nitrogens with zero attached hydrogens (tertiary/aromatic N) is 2. The summed E-state index contributed by atoms with van der Waals surface area (Å²) in [7, 11) is 2.49. The molecule has 1 aromatic heterocycles. The molecule has 2 N–H and O–H groups in total. The van der Waals surface area contributed by atoms with E-state index in [0.29, 0.717) is 0 Å². The third kappa shape index (κ3) is 1.59. The van der Waals surface area contributed by atoms with E-state index in [0.717, 1.165) is 18.7 Å². The lowest BCUT2D eigenvalue weighted by atomic mass is 10.0. The van der Waals surface area contributed by atoms with Crippen molar-refractivity contribution in [1.82, 2.24) is 14.6 Å². The number of para-hydroxylation sites is 2. The molecule has 0 aliphatic rings. The maximum Gasteiger partial charge on any atom is 0.381 e. The highest BCUT2D eigenvalue weighted by Crippen LogP contribution is 2.09. The number of fused-ring (bicyclic) bond motifs is 1. The monoisotopic (exact) mass is 171 g/mol. The Morgan fingerprint density at radius 1 is 1.38 bits per heavy atom. The number of nitrogens with one attached hydrogen (secondary N) is 1. The summed E-state index contributed by atoms with van der Waals surface area (Å²) < 4.78 is 1.79. The molecule has 2 rings (SSSR count). The maximum atomic E-state index is 8.44. The number of benzene rings is 1. The van der Waals surface area contributed by atoms with Gasteiger partial charge in [0.25, 0.3) is 0 Å². The molecule has 0 atom stereocenters. The second-order valence-electron chi connectivity index (χ2n) is 2.57. The minimum Gasteiger partial charge on any atom is -0.441 e. The van der Waals surface area contributed by atoms with Crippen molar-refractivity contribution in [3.05, 3.63) is 30.6 Å². The van der Waals surface area contributed by atoms with E-state index in [1.165, 1.54) is 0 Å². The topological polar surface area (TPSA) is 50.1 Å². The van der Waals surface area contributed by atoms with Gasteiger partial charge in [-0.15, -0.1) is 0 Å². The molecule has 1 aromatic carbocycles. The van der Waals surface area contributed by atoms with Crippen molar-refractivity contribution in [3.63, 3.8) is 0 Å². The zero-order valence-corrected chi connectivity index (χ0v) is 6.88. The second kappa shape index (κ2) is 3.64. The van der Waals surface area contributed by atoms with Crippen molar-refractivity contribution in [2.45, 2.75) is 0 Å². The third-order valence-corrected chi connectivity index (χ3v) is 1.77. The fraction of sp³-hybridized carbons (Fsp3) is 0. The summed E-state index contributed by atoms with van der Waals surface area (Å²) in [6.07, 6.45) is 1.68. The smallest absolute Gasteiger partial charge is 0.381 e. The average Bonchev–Trinajstić information content (AvgIpc) is 2.58. The van der Waals surface area contributed by atoms with Gasteiger partial charge in [-0.05, 0) is 12.1 Å². The summed E-state index contributed by atoms with van der Waals surface area (Å²) in [6.45, 7) is 0. The molecule has 13 heavy (non-hydrogen) atoms. The van der Waals surface area contributed by atoms with Gasteiger partial charge in [0, 0.05) is 0 Å². The lowest BCUT2D eigenvalue weighted by Crippen LogP contribution is -2.29. The third-order valence-electron chi connectivity index (χ3n) is 1.77. The van der Waals surface area contributed by atoms with Gasteiger partial charge in [-0.3, -0.25) is 0 Å². The number of hydrogen-bond acceptors (Lipinski definition) is 3. The Bertz CT molecular complexity index is 403. The predicted molar refractivity (Wildman–Crippen MR) is 52.0 cm³/mol. The minimum absolute atomic E-state index is 0.870. The fourth-order valence-corrected chi connectivity index (χ4v) is 1.19. The Morgan fingerprint density at radius 2 is 2.23 bits per heavy atom. The number of hydrogen-bond donors (Lipinski definition) is 2. The van der Waals surface area contributed by atoms with Gasteiger partial charge < -0.3 is 14.6 Å². The summed E-state index contributed by atoms with van der Waals surface area (Å²) in [4.78, 5) is 4.17. The second-order valence-corrected chi connectivity index (χ2v) is 2.57. The van der Waals surface area contributed by atoms with Crippen LogP contribution < -0.4 is 5.14 Å². The fourth-order valence-electron chi connectivity index (χ4n) is 1.19. The van der Waals surface area contributed by atoms with Crippen LogP contribution in [-0.4, -0.2) is 29.7 Å². The molecule has 0 bridgehead atoms. The van der Waals surface area contributed by atoms with E-state index in [-0.39, 0.29) is 0 Å². The van der Waals surface area contributed by atoms with Crippen LogP contribution in [-0.2, 0) is 0 Å². The molecule has 2 radical (unpaired) electrons. The van der Waals surface area contributed by atoms with E-state index < -0.39 is 0 Å². The van der Waals surface area contributed by atoms with Crippen LogP contribution in [0.3, 0.4) is 0 Å². The Morgan fingerprint density at radius 3 is 3.08 bits per heavy atom. The maximum absolute atomic E-state index is 8.44. The van der Waals surface area contributed by atoms with E-state index in [4.69, 9.17) is 5.02 Å². The van der Waals surface area contributed by atoms with Crippen LogP contribution in [0.15, 0.2) is 30.6 Å². The first kappa shape index (κ1) is 8.34. The Kier molecular flexibility index (Phi) is 2.33. The quantitative estimate of drug-likeness (QED) is 0.613. The molecule has 6 heteroatoms. The van der Waals surface area contributed by atoms with E-state index in [2.05, 4.69) is 10.1 Å². The van der Waals surface area contributed by atoms with Crippen LogP contribution in [0.1, 0.15) is 0 Å². The highest BCUT2D eigenvalue weighted by atomic mass is 16.2. The van der Waals surface area contributed by atoms with Crippen molar-refractivity contribution in [1.29, 1.82) is 0 Å².